The lowest BCUT2D eigenvalue weighted by Gasteiger charge is -2.15. The van der Waals surface area contributed by atoms with Gasteiger partial charge in [0.05, 0.1) is 22.2 Å². The average molecular weight is 410 g/mol. The largest absolute Gasteiger partial charge is 0.321 e. The van der Waals surface area contributed by atoms with E-state index in [2.05, 4.69) is 15.5 Å². The molecule has 5 rings (SSSR count). The first-order valence-electron chi connectivity index (χ1n) is 9.41. The average Bonchev–Trinajstić information content (AvgIpc) is 3.04. The molecule has 31 heavy (non-hydrogen) atoms. The van der Waals surface area contributed by atoms with Crippen molar-refractivity contribution < 1.29 is 14.4 Å². The Kier molecular flexibility index (Phi) is 4.18. The summed E-state index contributed by atoms with van der Waals surface area (Å²) in [4.78, 5) is 51.3. The van der Waals surface area contributed by atoms with Crippen molar-refractivity contribution in [3.05, 3.63) is 100.0 Å². The highest BCUT2D eigenvalue weighted by Crippen LogP contribution is 2.30. The smallest absolute Gasteiger partial charge is 0.276 e. The van der Waals surface area contributed by atoms with E-state index in [1.807, 2.05) is 0 Å². The summed E-state index contributed by atoms with van der Waals surface area (Å²) in [6, 6.07) is 19.7. The number of nitrogens with one attached hydrogen (secondary N) is 2. The van der Waals surface area contributed by atoms with Crippen LogP contribution in [0.25, 0.3) is 10.8 Å². The highest BCUT2D eigenvalue weighted by Gasteiger charge is 2.36. The first-order valence-corrected chi connectivity index (χ1v) is 9.41. The van der Waals surface area contributed by atoms with Gasteiger partial charge in [-0.2, -0.15) is 5.10 Å². The monoisotopic (exact) mass is 410 g/mol. The van der Waals surface area contributed by atoms with Gasteiger partial charge in [0.2, 0.25) is 0 Å². The Morgan fingerprint density at radius 1 is 0.806 bits per heavy atom. The van der Waals surface area contributed by atoms with Crippen LogP contribution in [-0.4, -0.2) is 27.9 Å². The molecule has 0 fully saturated rings. The summed E-state index contributed by atoms with van der Waals surface area (Å²) in [7, 11) is 0. The molecule has 0 atom stereocenters. The minimum atomic E-state index is -0.535. The van der Waals surface area contributed by atoms with E-state index in [0.717, 1.165) is 4.90 Å². The second-order valence-electron chi connectivity index (χ2n) is 6.94. The highest BCUT2D eigenvalue weighted by atomic mass is 16.2. The van der Waals surface area contributed by atoms with Crippen molar-refractivity contribution in [2.45, 2.75) is 0 Å². The molecule has 3 aromatic carbocycles. The molecule has 3 amide bonds. The quantitative estimate of drug-likeness (QED) is 0.504. The SMILES string of the molecule is O=C(Nc1cccc(N2C(=O)c3ccccc3C2=O)c1)c1n[nH]c(=O)c2ccccc12. The van der Waals surface area contributed by atoms with Gasteiger partial charge >= 0.3 is 0 Å². The van der Waals surface area contributed by atoms with E-state index in [9.17, 15) is 19.2 Å². The molecule has 0 bridgehead atoms. The second kappa shape index (κ2) is 7.03. The lowest BCUT2D eigenvalue weighted by molar-refractivity contribution is 0.0925. The number of carbonyl (C=O) groups excluding carboxylic acids is 3. The minimum absolute atomic E-state index is 0.0568. The Bertz CT molecular complexity index is 1420. The van der Waals surface area contributed by atoms with Crippen LogP contribution in [0.4, 0.5) is 11.4 Å². The first kappa shape index (κ1) is 18.4. The van der Waals surface area contributed by atoms with E-state index >= 15 is 0 Å². The lowest BCUT2D eigenvalue weighted by Crippen LogP contribution is -2.29. The number of H-pyrrole nitrogens is 1. The number of rotatable bonds is 3. The van der Waals surface area contributed by atoms with Crippen molar-refractivity contribution in [1.29, 1.82) is 0 Å². The Balaban J connectivity index is 1.47. The van der Waals surface area contributed by atoms with Crippen LogP contribution in [0.2, 0.25) is 0 Å². The molecule has 0 unspecified atom stereocenters. The first-order chi connectivity index (χ1) is 15.0. The number of benzene rings is 3. The molecule has 0 saturated heterocycles. The molecule has 0 saturated carbocycles. The van der Waals surface area contributed by atoms with Gasteiger partial charge in [-0.1, -0.05) is 36.4 Å². The number of fused-ring (bicyclic) bond motifs is 2. The standard InChI is InChI=1S/C23H14N4O4/c28-20-16-9-2-1-8-15(16)19(25-26-20)21(29)24-13-6-5-7-14(12-13)27-22(30)17-10-3-4-11-18(17)23(27)31/h1-12H,(H,24,29)(H,26,28). The second-order valence-corrected chi connectivity index (χ2v) is 6.94. The Morgan fingerprint density at radius 2 is 1.45 bits per heavy atom. The molecule has 0 spiro atoms. The van der Waals surface area contributed by atoms with Crippen molar-refractivity contribution >= 4 is 39.9 Å². The predicted molar refractivity (Wildman–Crippen MR) is 114 cm³/mol. The molecular weight excluding hydrogens is 396 g/mol. The molecule has 4 aromatic rings. The third-order valence-electron chi connectivity index (χ3n) is 5.07. The summed E-state index contributed by atoms with van der Waals surface area (Å²) in [5, 5.41) is 9.69. The van der Waals surface area contributed by atoms with Gasteiger partial charge in [-0.25, -0.2) is 10.00 Å². The summed E-state index contributed by atoms with van der Waals surface area (Å²) in [5.41, 5.74) is 1.05. The molecule has 8 heteroatoms. The van der Waals surface area contributed by atoms with Gasteiger partial charge < -0.3 is 5.32 Å². The summed E-state index contributed by atoms with van der Waals surface area (Å²) in [6.07, 6.45) is 0. The number of hydrogen-bond acceptors (Lipinski definition) is 5. The van der Waals surface area contributed by atoms with Crippen molar-refractivity contribution in [3.8, 4) is 0 Å². The van der Waals surface area contributed by atoms with Crippen molar-refractivity contribution in [3.63, 3.8) is 0 Å². The van der Waals surface area contributed by atoms with Crippen LogP contribution in [0.15, 0.2) is 77.6 Å². The van der Waals surface area contributed by atoms with Crippen LogP contribution < -0.4 is 15.8 Å². The van der Waals surface area contributed by atoms with Gasteiger partial charge in [-0.15, -0.1) is 0 Å². The maximum absolute atomic E-state index is 12.8. The van der Waals surface area contributed by atoms with Crippen LogP contribution in [0, 0.1) is 0 Å². The minimum Gasteiger partial charge on any atom is -0.321 e. The zero-order valence-electron chi connectivity index (χ0n) is 16.0. The maximum Gasteiger partial charge on any atom is 0.276 e. The van der Waals surface area contributed by atoms with Gasteiger partial charge in [0, 0.05) is 11.1 Å². The van der Waals surface area contributed by atoms with Crippen LogP contribution in [0.3, 0.4) is 0 Å². The molecule has 2 heterocycles. The molecule has 1 aromatic heterocycles. The van der Waals surface area contributed by atoms with E-state index in [-0.39, 0.29) is 11.3 Å². The Morgan fingerprint density at radius 3 is 2.16 bits per heavy atom. The normalized spacial score (nSPS) is 12.8. The molecule has 0 aliphatic carbocycles. The van der Waals surface area contributed by atoms with Crippen LogP contribution in [0.1, 0.15) is 31.2 Å². The summed E-state index contributed by atoms with van der Waals surface area (Å²) < 4.78 is 0. The fourth-order valence-corrected chi connectivity index (χ4v) is 3.62. The number of carbonyl (C=O) groups is 3. The van der Waals surface area contributed by atoms with Gasteiger partial charge in [0.15, 0.2) is 5.69 Å². The summed E-state index contributed by atoms with van der Waals surface area (Å²) in [6.45, 7) is 0. The molecule has 8 nitrogen and oxygen atoms in total. The van der Waals surface area contributed by atoms with Crippen molar-refractivity contribution in [2.24, 2.45) is 0 Å². The highest BCUT2D eigenvalue weighted by molar-refractivity contribution is 6.34. The van der Waals surface area contributed by atoms with E-state index in [4.69, 9.17) is 0 Å². The van der Waals surface area contributed by atoms with E-state index in [1.54, 1.807) is 66.7 Å². The fraction of sp³-hybridized carbons (Fsp3) is 0. The van der Waals surface area contributed by atoms with E-state index in [1.165, 1.54) is 6.07 Å². The van der Waals surface area contributed by atoms with Gasteiger partial charge in [-0.3, -0.25) is 19.2 Å². The number of hydrogen-bond donors (Lipinski definition) is 2. The van der Waals surface area contributed by atoms with Gasteiger partial charge in [0.1, 0.15) is 0 Å². The maximum atomic E-state index is 12.8. The molecule has 1 aliphatic rings. The number of anilines is 2. The topological polar surface area (TPSA) is 112 Å². The third-order valence-corrected chi connectivity index (χ3v) is 5.07. The molecule has 1 aliphatic heterocycles. The number of imide groups is 1. The summed E-state index contributed by atoms with van der Waals surface area (Å²) >= 11 is 0. The fourth-order valence-electron chi connectivity index (χ4n) is 3.62. The zero-order chi connectivity index (χ0) is 21.5. The van der Waals surface area contributed by atoms with Crippen LogP contribution in [0.5, 0.6) is 0 Å². The predicted octanol–water partition coefficient (Wildman–Crippen LogP) is 2.98. The number of aromatic nitrogens is 2. The van der Waals surface area contributed by atoms with Crippen molar-refractivity contribution in [1.82, 2.24) is 10.2 Å². The molecule has 2 N–H and O–H groups in total. The lowest BCUT2D eigenvalue weighted by atomic mass is 10.1. The zero-order valence-corrected chi connectivity index (χ0v) is 16.0. The van der Waals surface area contributed by atoms with E-state index in [0.29, 0.717) is 33.3 Å². The molecule has 0 radical (unpaired) electrons. The van der Waals surface area contributed by atoms with E-state index < -0.39 is 17.7 Å². The van der Waals surface area contributed by atoms with Crippen LogP contribution in [-0.2, 0) is 0 Å². The number of nitrogens with zero attached hydrogens (tertiary/aromatic N) is 2. The number of amides is 3. The Labute approximate surface area is 175 Å². The Hall–Kier alpha value is -4.59. The van der Waals surface area contributed by atoms with Gasteiger partial charge in [0.25, 0.3) is 23.3 Å². The third kappa shape index (κ3) is 2.98. The molecular formula is C23H14N4O4. The van der Waals surface area contributed by atoms with Gasteiger partial charge in [-0.05, 0) is 36.4 Å². The van der Waals surface area contributed by atoms with Crippen molar-refractivity contribution in [2.75, 3.05) is 10.2 Å². The number of aromatic amines is 1. The summed E-state index contributed by atoms with van der Waals surface area (Å²) in [5.74, 6) is -1.37. The van der Waals surface area contributed by atoms with Crippen LogP contribution >= 0.6 is 0 Å². The molecule has 150 valence electrons.